The van der Waals surface area contributed by atoms with Gasteiger partial charge in [-0.25, -0.2) is 0 Å². The zero-order valence-corrected chi connectivity index (χ0v) is 36.0. The molecule has 1 amide bonds. The van der Waals surface area contributed by atoms with Gasteiger partial charge in [-0.2, -0.15) is 0 Å². The summed E-state index contributed by atoms with van der Waals surface area (Å²) in [5.41, 5.74) is 0. The van der Waals surface area contributed by atoms with E-state index in [0.717, 1.165) is 77.0 Å². The molecule has 3 unspecified atom stereocenters. The molecule has 0 bridgehead atoms. The van der Waals surface area contributed by atoms with Crippen molar-refractivity contribution in [1.29, 1.82) is 0 Å². The molecule has 0 aliphatic heterocycles. The summed E-state index contributed by atoms with van der Waals surface area (Å²) in [6.07, 6.45) is 56.1. The van der Waals surface area contributed by atoms with Crippen molar-refractivity contribution < 1.29 is 24.5 Å². The van der Waals surface area contributed by atoms with E-state index in [1.165, 1.54) is 51.4 Å². The van der Waals surface area contributed by atoms with Crippen LogP contribution in [0.4, 0.5) is 0 Å². The van der Waals surface area contributed by atoms with Gasteiger partial charge < -0.3 is 20.3 Å². The second-order valence-electron chi connectivity index (χ2n) is 14.9. The summed E-state index contributed by atoms with van der Waals surface area (Å²) in [6.45, 7) is 6.15. The third-order valence-corrected chi connectivity index (χ3v) is 9.60. The third kappa shape index (κ3) is 37.7. The monoisotopic (exact) mass is 778 g/mol. The average Bonchev–Trinajstić information content (AvgIpc) is 3.19. The quantitative estimate of drug-likeness (QED) is 0.0330. The van der Waals surface area contributed by atoms with E-state index in [9.17, 15) is 19.8 Å². The van der Waals surface area contributed by atoms with Gasteiger partial charge in [-0.15, -0.1) is 0 Å². The van der Waals surface area contributed by atoms with Gasteiger partial charge in [-0.3, -0.25) is 9.59 Å². The van der Waals surface area contributed by atoms with Crippen LogP contribution in [0.3, 0.4) is 0 Å². The molecule has 56 heavy (non-hydrogen) atoms. The lowest BCUT2D eigenvalue weighted by atomic mass is 10.0. The summed E-state index contributed by atoms with van der Waals surface area (Å²) >= 11 is 0. The molecule has 6 nitrogen and oxygen atoms in total. The van der Waals surface area contributed by atoms with Gasteiger partial charge in [0.25, 0.3) is 0 Å². The molecule has 0 radical (unpaired) electrons. The number of ether oxygens (including phenoxy) is 1. The number of amides is 1. The average molecular weight is 778 g/mol. The van der Waals surface area contributed by atoms with E-state index in [0.29, 0.717) is 19.3 Å². The molecule has 318 valence electrons. The summed E-state index contributed by atoms with van der Waals surface area (Å²) in [4.78, 5) is 26.0. The van der Waals surface area contributed by atoms with Crippen molar-refractivity contribution in [2.45, 2.75) is 200 Å². The van der Waals surface area contributed by atoms with Crippen LogP contribution in [0.2, 0.25) is 0 Å². The molecule has 0 aromatic carbocycles. The topological polar surface area (TPSA) is 95.9 Å². The fraction of sp³-hybridized carbons (Fsp3) is 0.640. The lowest BCUT2D eigenvalue weighted by Crippen LogP contribution is -2.46. The maximum Gasteiger partial charge on any atom is 0.306 e. The fourth-order valence-electron chi connectivity index (χ4n) is 6.22. The number of esters is 1. The van der Waals surface area contributed by atoms with Gasteiger partial charge in [-0.05, 0) is 57.8 Å². The van der Waals surface area contributed by atoms with Crippen molar-refractivity contribution in [2.75, 3.05) is 6.61 Å². The van der Waals surface area contributed by atoms with E-state index in [4.69, 9.17) is 4.74 Å². The number of nitrogens with one attached hydrogen (secondary N) is 1. The Hall–Kier alpha value is -3.22. The Morgan fingerprint density at radius 2 is 0.964 bits per heavy atom. The van der Waals surface area contributed by atoms with E-state index in [-0.39, 0.29) is 31.3 Å². The zero-order chi connectivity index (χ0) is 41.0. The van der Waals surface area contributed by atoms with Gasteiger partial charge in [0, 0.05) is 6.42 Å². The Morgan fingerprint density at radius 3 is 1.46 bits per heavy atom. The third-order valence-electron chi connectivity index (χ3n) is 9.60. The molecule has 0 aliphatic carbocycles. The highest BCUT2D eigenvalue weighted by atomic mass is 16.5. The van der Waals surface area contributed by atoms with E-state index < -0.39 is 18.2 Å². The van der Waals surface area contributed by atoms with Crippen molar-refractivity contribution in [1.82, 2.24) is 5.32 Å². The Morgan fingerprint density at radius 1 is 0.536 bits per heavy atom. The first-order chi connectivity index (χ1) is 27.5. The largest absolute Gasteiger partial charge is 0.462 e. The maximum absolute atomic E-state index is 13.1. The Balaban J connectivity index is 4.79. The van der Waals surface area contributed by atoms with Gasteiger partial charge in [-0.1, -0.05) is 208 Å². The van der Waals surface area contributed by atoms with Crippen molar-refractivity contribution in [3.05, 3.63) is 97.2 Å². The van der Waals surface area contributed by atoms with Crippen LogP contribution in [0.1, 0.15) is 181 Å². The SMILES string of the molecule is CC/C=C/C=C/C=C\C=C/C=C/CCCC(=O)OC(CCCCCCC/C=C/C=C/C=C/CC)CC(=O)NC(CO)C(O)CCCCCCCCCCCCC. The molecular formula is C50H83NO5. The molecule has 0 rings (SSSR count). The molecule has 0 spiro atoms. The van der Waals surface area contributed by atoms with Crippen LogP contribution in [0.15, 0.2) is 97.2 Å². The number of hydrogen-bond donors (Lipinski definition) is 3. The van der Waals surface area contributed by atoms with Crippen LogP contribution in [0.5, 0.6) is 0 Å². The second kappa shape index (κ2) is 42.9. The van der Waals surface area contributed by atoms with Crippen molar-refractivity contribution in [3.8, 4) is 0 Å². The molecule has 0 heterocycles. The highest BCUT2D eigenvalue weighted by Gasteiger charge is 2.24. The summed E-state index contributed by atoms with van der Waals surface area (Å²) in [5.74, 6) is -0.595. The normalized spacial score (nSPS) is 14.3. The minimum atomic E-state index is -0.809. The van der Waals surface area contributed by atoms with Crippen LogP contribution in [-0.4, -0.2) is 46.9 Å². The number of rotatable bonds is 38. The van der Waals surface area contributed by atoms with Gasteiger partial charge in [0.05, 0.1) is 25.2 Å². The summed E-state index contributed by atoms with van der Waals surface area (Å²) < 4.78 is 5.85. The molecule has 0 saturated heterocycles. The fourth-order valence-corrected chi connectivity index (χ4v) is 6.22. The number of unbranched alkanes of at least 4 members (excludes halogenated alkanes) is 16. The maximum atomic E-state index is 13.1. The van der Waals surface area contributed by atoms with Crippen molar-refractivity contribution in [2.24, 2.45) is 0 Å². The van der Waals surface area contributed by atoms with Gasteiger partial charge in [0.15, 0.2) is 0 Å². The molecule has 3 N–H and O–H groups in total. The van der Waals surface area contributed by atoms with Crippen LogP contribution in [0, 0.1) is 0 Å². The van der Waals surface area contributed by atoms with Gasteiger partial charge in [0.1, 0.15) is 6.10 Å². The minimum Gasteiger partial charge on any atom is -0.462 e. The number of allylic oxidation sites excluding steroid dienone is 16. The molecule has 6 heteroatoms. The van der Waals surface area contributed by atoms with E-state index >= 15 is 0 Å². The number of carbonyl (C=O) groups excluding carboxylic acids is 2. The molecular weight excluding hydrogens is 695 g/mol. The summed E-state index contributed by atoms with van der Waals surface area (Å²) in [5, 5.41) is 23.6. The first kappa shape index (κ1) is 52.8. The summed E-state index contributed by atoms with van der Waals surface area (Å²) in [6, 6.07) is -0.727. The van der Waals surface area contributed by atoms with Crippen molar-refractivity contribution in [3.63, 3.8) is 0 Å². The lowest BCUT2D eigenvalue weighted by molar-refractivity contribution is -0.151. The minimum absolute atomic E-state index is 0.0292. The number of aliphatic hydroxyl groups excluding tert-OH is 2. The van der Waals surface area contributed by atoms with E-state index in [1.54, 1.807) is 0 Å². The molecule has 0 saturated carbocycles. The molecule has 3 atom stereocenters. The standard InChI is InChI=1S/C50H83NO5/c1-4-7-10-13-16-19-22-24-27-29-32-35-38-41-46(56-50(55)43-40-37-34-31-28-25-23-20-17-14-11-8-5-2)44-49(54)51-47(45-52)48(53)42-39-36-33-30-26-21-18-15-12-9-6-3/h7-8,10-11,13-14,16-17,19-20,22-23,25,28,31,34,46-48,52-53H,4-6,9,12,15,18,21,24,26-27,29-30,32-33,35-45H2,1-3H3,(H,51,54)/b10-7+,11-8+,16-13+,17-14+,22-19+,23-20-,28-25-,34-31+. The Kier molecular flexibility index (Phi) is 40.4. The highest BCUT2D eigenvalue weighted by molar-refractivity contribution is 5.77. The van der Waals surface area contributed by atoms with Crippen LogP contribution in [-0.2, 0) is 14.3 Å². The van der Waals surface area contributed by atoms with Gasteiger partial charge >= 0.3 is 5.97 Å². The summed E-state index contributed by atoms with van der Waals surface area (Å²) in [7, 11) is 0. The second-order valence-corrected chi connectivity index (χ2v) is 14.9. The van der Waals surface area contributed by atoms with Crippen LogP contribution >= 0.6 is 0 Å². The lowest BCUT2D eigenvalue weighted by Gasteiger charge is -2.24. The molecule has 0 aromatic heterocycles. The van der Waals surface area contributed by atoms with Crippen LogP contribution < -0.4 is 5.32 Å². The first-order valence-electron chi connectivity index (χ1n) is 22.6. The number of aliphatic hydroxyl groups is 2. The van der Waals surface area contributed by atoms with Crippen molar-refractivity contribution >= 4 is 11.9 Å². The molecule has 0 fully saturated rings. The van der Waals surface area contributed by atoms with Crippen LogP contribution in [0.25, 0.3) is 0 Å². The van der Waals surface area contributed by atoms with Gasteiger partial charge in [0.2, 0.25) is 5.91 Å². The first-order valence-corrected chi connectivity index (χ1v) is 22.6. The zero-order valence-electron chi connectivity index (χ0n) is 36.0. The van der Waals surface area contributed by atoms with E-state index in [1.807, 2.05) is 54.7 Å². The predicted molar refractivity (Wildman–Crippen MR) is 240 cm³/mol. The predicted octanol–water partition coefficient (Wildman–Crippen LogP) is 13.0. The number of hydrogen-bond acceptors (Lipinski definition) is 5. The number of carbonyl (C=O) groups is 2. The molecule has 0 aromatic rings. The van der Waals surface area contributed by atoms with E-state index in [2.05, 4.69) is 68.6 Å². The smallest absolute Gasteiger partial charge is 0.306 e. The molecule has 0 aliphatic rings. The Labute approximate surface area is 344 Å². The Bertz CT molecular complexity index is 1140. The highest BCUT2D eigenvalue weighted by Crippen LogP contribution is 2.17.